The Morgan fingerprint density at radius 2 is 0.833 bits per heavy atom. The van der Waals surface area contributed by atoms with E-state index in [1.807, 2.05) is 0 Å². The highest BCUT2D eigenvalue weighted by Crippen LogP contribution is 2.07. The van der Waals surface area contributed by atoms with Crippen molar-refractivity contribution >= 4 is 37.3 Å². The van der Waals surface area contributed by atoms with Crippen molar-refractivity contribution in [2.45, 2.75) is 19.1 Å². The molecule has 1 aliphatic rings. The van der Waals surface area contributed by atoms with E-state index in [2.05, 4.69) is 37.3 Å². The van der Waals surface area contributed by atoms with Crippen LogP contribution in [0.25, 0.3) is 0 Å². The van der Waals surface area contributed by atoms with Crippen molar-refractivity contribution < 1.29 is 27.2 Å². The SMILES string of the molecule is OC1[N+](=S)C(O)[N+](=S)C(O)[N+]1=S. The van der Waals surface area contributed by atoms with Gasteiger partial charge in [-0.25, -0.2) is 0 Å². The first-order valence-electron chi connectivity index (χ1n) is 2.87. The van der Waals surface area contributed by atoms with E-state index in [1.54, 1.807) is 0 Å². The van der Waals surface area contributed by atoms with Gasteiger partial charge in [-0.05, 0) is 0 Å². The highest BCUT2D eigenvalue weighted by atomic mass is 32.1. The lowest BCUT2D eigenvalue weighted by molar-refractivity contribution is -1.04. The van der Waals surface area contributed by atoms with E-state index in [4.69, 9.17) is 15.3 Å². The molecule has 12 heavy (non-hydrogen) atoms. The quantitative estimate of drug-likeness (QED) is 0.385. The van der Waals surface area contributed by atoms with Gasteiger partial charge in [0.1, 0.15) is 0 Å². The fourth-order valence-corrected chi connectivity index (χ4v) is 1.48. The number of aliphatic hydroxyl groups excluding tert-OH is 3. The van der Waals surface area contributed by atoms with Crippen LogP contribution in [0.15, 0.2) is 0 Å². The Kier molecular flexibility index (Phi) is 2.81. The van der Waals surface area contributed by atoms with Crippen LogP contribution in [0.2, 0.25) is 0 Å². The van der Waals surface area contributed by atoms with Gasteiger partial charge in [0.15, 0.2) is 0 Å². The summed E-state index contributed by atoms with van der Waals surface area (Å²) in [7, 11) is 0. The van der Waals surface area contributed by atoms with Gasteiger partial charge in [-0.3, -0.25) is 15.3 Å². The van der Waals surface area contributed by atoms with E-state index in [1.165, 1.54) is 0 Å². The summed E-state index contributed by atoms with van der Waals surface area (Å²) in [5.41, 5.74) is 0. The van der Waals surface area contributed by atoms with E-state index < -0.39 is 19.1 Å². The second kappa shape index (κ2) is 3.36. The van der Waals surface area contributed by atoms with E-state index in [0.717, 1.165) is 0 Å². The zero-order valence-electron chi connectivity index (χ0n) is 5.64. The topological polar surface area (TPSA) is 69.7 Å². The molecule has 6 nitrogen and oxygen atoms in total. The molecule has 1 aliphatic heterocycles. The third kappa shape index (κ3) is 1.39. The largest absolute Gasteiger partial charge is 0.504 e. The number of hydrogen-bond acceptors (Lipinski definition) is 6. The molecule has 1 heterocycles. The highest BCUT2D eigenvalue weighted by molar-refractivity contribution is 7.45. The normalized spacial score (nSPS) is 37.2. The molecule has 0 unspecified atom stereocenters. The molecule has 1 fully saturated rings. The fourth-order valence-electron chi connectivity index (χ4n) is 0.694. The summed E-state index contributed by atoms with van der Waals surface area (Å²) in [6, 6.07) is 0. The summed E-state index contributed by atoms with van der Waals surface area (Å²) in [6.45, 7) is 0. The maximum Gasteiger partial charge on any atom is 0.504 e. The molecule has 0 saturated carbocycles. The Balaban J connectivity index is 2.99. The molecule has 0 aromatic heterocycles. The minimum absolute atomic E-state index is 0.701. The Morgan fingerprint density at radius 1 is 0.667 bits per heavy atom. The maximum atomic E-state index is 9.16. The highest BCUT2D eigenvalue weighted by Gasteiger charge is 2.58. The fraction of sp³-hybridized carbons (Fsp3) is 1.00. The van der Waals surface area contributed by atoms with Gasteiger partial charge in [-0.1, -0.05) is 0 Å². The summed E-state index contributed by atoms with van der Waals surface area (Å²) < 4.78 is 2.10. The average molecular weight is 228 g/mol. The van der Waals surface area contributed by atoms with Gasteiger partial charge in [0.25, 0.3) is 37.3 Å². The molecule has 0 aliphatic carbocycles. The summed E-state index contributed by atoms with van der Waals surface area (Å²) >= 11 is 13.6. The molecule has 0 aromatic rings. The Labute approximate surface area is 83.7 Å². The van der Waals surface area contributed by atoms with Gasteiger partial charge in [0.05, 0.1) is 0 Å². The molecular weight excluding hydrogens is 222 g/mol. The van der Waals surface area contributed by atoms with Gasteiger partial charge < -0.3 is 0 Å². The van der Waals surface area contributed by atoms with Crippen molar-refractivity contribution in [3.05, 3.63) is 0 Å². The van der Waals surface area contributed by atoms with Crippen LogP contribution in [0.1, 0.15) is 0 Å². The summed E-state index contributed by atoms with van der Waals surface area (Å²) in [6.07, 6.45) is -4.21. The van der Waals surface area contributed by atoms with Crippen molar-refractivity contribution in [3.63, 3.8) is 0 Å². The average Bonchev–Trinajstić information content (AvgIpc) is 2.08. The minimum Gasteiger partial charge on any atom is -0.277 e. The number of nitrogens with zero attached hydrogens (tertiary/aromatic N) is 3. The summed E-state index contributed by atoms with van der Waals surface area (Å²) in [5.74, 6) is 0. The van der Waals surface area contributed by atoms with Gasteiger partial charge >= 0.3 is 19.1 Å². The first kappa shape index (κ1) is 10.0. The third-order valence-corrected chi connectivity index (χ3v) is 2.50. The van der Waals surface area contributed by atoms with E-state index in [0.29, 0.717) is 11.8 Å². The van der Waals surface area contributed by atoms with Crippen LogP contribution >= 0.6 is 0 Å². The molecular formula is C3H6N3O3S3+3. The lowest BCUT2D eigenvalue weighted by Crippen LogP contribution is -2.59. The first-order valence-corrected chi connectivity index (χ1v) is 3.97. The monoisotopic (exact) mass is 228 g/mol. The van der Waals surface area contributed by atoms with Crippen LogP contribution < -0.4 is 0 Å². The zero-order valence-corrected chi connectivity index (χ0v) is 8.09. The first-order chi connectivity index (χ1) is 5.46. The molecule has 0 spiro atoms. The molecule has 0 amide bonds. The predicted octanol–water partition coefficient (Wildman–Crippen LogP) is -2.94. The molecule has 3 N–H and O–H groups in total. The predicted molar refractivity (Wildman–Crippen MR) is 40.9 cm³/mol. The summed E-state index contributed by atoms with van der Waals surface area (Å²) in [5, 5.41) is 27.5. The van der Waals surface area contributed by atoms with Gasteiger partial charge in [0, 0.05) is 11.8 Å². The number of rotatable bonds is 0. The van der Waals surface area contributed by atoms with Gasteiger partial charge in [0.2, 0.25) is 0 Å². The van der Waals surface area contributed by atoms with Crippen molar-refractivity contribution in [3.8, 4) is 0 Å². The van der Waals surface area contributed by atoms with Crippen molar-refractivity contribution in [2.75, 3.05) is 0 Å². The molecule has 0 bridgehead atoms. The maximum absolute atomic E-state index is 9.16. The Bertz CT molecular complexity index is 208. The van der Waals surface area contributed by atoms with Crippen molar-refractivity contribution in [2.24, 2.45) is 0 Å². The van der Waals surface area contributed by atoms with Crippen LogP contribution in [-0.4, -0.2) is 46.2 Å². The minimum atomic E-state index is -1.40. The number of aliphatic hydroxyl groups is 3. The van der Waals surface area contributed by atoms with Crippen LogP contribution in [0.4, 0.5) is 0 Å². The molecule has 0 radical (unpaired) electrons. The van der Waals surface area contributed by atoms with E-state index >= 15 is 0 Å². The Hall–Kier alpha value is -0.0600. The zero-order chi connectivity index (χ0) is 9.46. The Morgan fingerprint density at radius 3 is 1.00 bits per heavy atom. The standard InChI is InChI=1S/C3H6N3O3S3/c7-1-4(10)2(8)6(12)3(9)5(1)11/h1-3,7-9H/q+3. The van der Waals surface area contributed by atoms with Crippen LogP contribution in [0, 0.1) is 0 Å². The number of hydrogen-bond donors (Lipinski definition) is 3. The molecule has 1 rings (SSSR count). The van der Waals surface area contributed by atoms with Crippen LogP contribution in [0.5, 0.6) is 0 Å². The molecule has 9 heteroatoms. The van der Waals surface area contributed by atoms with Crippen LogP contribution in [0.3, 0.4) is 0 Å². The van der Waals surface area contributed by atoms with Gasteiger partial charge in [-0.2, -0.15) is 0 Å². The van der Waals surface area contributed by atoms with Gasteiger partial charge in [-0.15, -0.1) is 0 Å². The van der Waals surface area contributed by atoms with Crippen molar-refractivity contribution in [1.29, 1.82) is 0 Å². The second-order valence-corrected chi connectivity index (χ2v) is 3.38. The molecule has 0 atom stereocenters. The smallest absolute Gasteiger partial charge is 0.277 e. The lowest BCUT2D eigenvalue weighted by atomic mass is 10.6. The third-order valence-electron chi connectivity index (χ3n) is 1.37. The van der Waals surface area contributed by atoms with E-state index in [9.17, 15) is 0 Å². The van der Waals surface area contributed by atoms with E-state index in [-0.39, 0.29) is 0 Å². The molecule has 0 aromatic carbocycles. The van der Waals surface area contributed by atoms with Crippen LogP contribution in [-0.2, 0) is 37.3 Å². The molecule has 1 saturated heterocycles. The molecule has 66 valence electrons. The second-order valence-electron chi connectivity index (χ2n) is 2.12. The summed E-state index contributed by atoms with van der Waals surface area (Å²) in [4.78, 5) is 0. The lowest BCUT2D eigenvalue weighted by Gasteiger charge is -2.11. The van der Waals surface area contributed by atoms with Crippen molar-refractivity contribution in [1.82, 2.24) is 0 Å².